The van der Waals surface area contributed by atoms with Crippen molar-refractivity contribution in [3.63, 3.8) is 0 Å². The third-order valence-corrected chi connectivity index (χ3v) is 6.23. The summed E-state index contributed by atoms with van der Waals surface area (Å²) in [4.78, 5) is 30.9. The molecular formula is C23H31N5O. The van der Waals surface area contributed by atoms with Gasteiger partial charge in [-0.05, 0) is 70.2 Å². The number of aromatic nitrogens is 3. The first-order chi connectivity index (χ1) is 14.2. The number of rotatable bonds is 5. The van der Waals surface area contributed by atoms with Gasteiger partial charge in [0.05, 0.1) is 11.3 Å². The highest BCUT2D eigenvalue weighted by Crippen LogP contribution is 2.30. The molecule has 0 unspecified atom stereocenters. The normalized spacial score (nSPS) is 18.7. The highest BCUT2D eigenvalue weighted by atomic mass is 16.2. The van der Waals surface area contributed by atoms with E-state index in [9.17, 15) is 4.79 Å². The number of hydrogen-bond acceptors (Lipinski definition) is 5. The number of hydrogen-bond donors (Lipinski definition) is 0. The lowest BCUT2D eigenvalue weighted by Crippen LogP contribution is -2.38. The topological polar surface area (TPSA) is 62.2 Å². The van der Waals surface area contributed by atoms with Crippen molar-refractivity contribution in [1.82, 2.24) is 24.8 Å². The Labute approximate surface area is 173 Å². The number of amides is 1. The summed E-state index contributed by atoms with van der Waals surface area (Å²) in [5, 5.41) is 0. The Bertz CT molecular complexity index is 811. The molecule has 0 atom stereocenters. The average molecular weight is 394 g/mol. The van der Waals surface area contributed by atoms with Crippen LogP contribution in [0.4, 0.5) is 0 Å². The van der Waals surface area contributed by atoms with Crippen LogP contribution in [0.1, 0.15) is 65.5 Å². The van der Waals surface area contributed by atoms with Gasteiger partial charge in [0.1, 0.15) is 5.82 Å². The molecule has 2 fully saturated rings. The van der Waals surface area contributed by atoms with E-state index in [1.807, 2.05) is 30.3 Å². The highest BCUT2D eigenvalue weighted by molar-refractivity contribution is 5.95. The van der Waals surface area contributed by atoms with Crippen LogP contribution in [0.2, 0.25) is 0 Å². The van der Waals surface area contributed by atoms with Crippen LogP contribution in [0.5, 0.6) is 0 Å². The van der Waals surface area contributed by atoms with Gasteiger partial charge in [0, 0.05) is 44.1 Å². The van der Waals surface area contributed by atoms with Crippen molar-refractivity contribution in [1.29, 1.82) is 0 Å². The number of pyridine rings is 1. The Hall–Kier alpha value is -2.34. The first kappa shape index (κ1) is 20.0. The monoisotopic (exact) mass is 393 g/mol. The molecule has 2 aliphatic heterocycles. The third-order valence-electron chi connectivity index (χ3n) is 6.23. The Morgan fingerprint density at radius 3 is 2.62 bits per heavy atom. The lowest BCUT2D eigenvalue weighted by atomic mass is 9.90. The van der Waals surface area contributed by atoms with Crippen molar-refractivity contribution in [2.24, 2.45) is 0 Å². The summed E-state index contributed by atoms with van der Waals surface area (Å²) in [6.07, 6.45) is 12.1. The summed E-state index contributed by atoms with van der Waals surface area (Å²) < 4.78 is 0. The third kappa shape index (κ3) is 4.99. The molecule has 154 valence electrons. The molecule has 0 spiro atoms. The predicted octanol–water partition coefficient (Wildman–Crippen LogP) is 3.23. The Morgan fingerprint density at radius 2 is 1.90 bits per heavy atom. The van der Waals surface area contributed by atoms with E-state index in [1.165, 1.54) is 12.0 Å². The van der Waals surface area contributed by atoms with Gasteiger partial charge in [0.2, 0.25) is 0 Å². The molecule has 2 saturated heterocycles. The predicted molar refractivity (Wildman–Crippen MR) is 113 cm³/mol. The second kappa shape index (κ2) is 9.44. The van der Waals surface area contributed by atoms with Crippen molar-refractivity contribution >= 4 is 5.91 Å². The molecule has 0 radical (unpaired) electrons. The summed E-state index contributed by atoms with van der Waals surface area (Å²) in [5.41, 5.74) is 2.99. The van der Waals surface area contributed by atoms with Crippen LogP contribution in [0, 0.1) is 6.92 Å². The van der Waals surface area contributed by atoms with Crippen LogP contribution in [-0.2, 0) is 6.42 Å². The molecule has 0 aromatic carbocycles. The zero-order valence-corrected chi connectivity index (χ0v) is 17.4. The number of nitrogens with zero attached hydrogens (tertiary/aromatic N) is 5. The average Bonchev–Trinajstić information content (AvgIpc) is 2.79. The minimum atomic E-state index is 0.124. The van der Waals surface area contributed by atoms with E-state index in [0.29, 0.717) is 5.92 Å². The van der Waals surface area contributed by atoms with E-state index in [-0.39, 0.29) is 5.91 Å². The zero-order chi connectivity index (χ0) is 20.1. The van der Waals surface area contributed by atoms with E-state index < -0.39 is 0 Å². The van der Waals surface area contributed by atoms with Crippen molar-refractivity contribution in [3.8, 4) is 0 Å². The fraction of sp³-hybridized carbons (Fsp3) is 0.565. The van der Waals surface area contributed by atoms with E-state index in [2.05, 4.69) is 20.9 Å². The fourth-order valence-corrected chi connectivity index (χ4v) is 4.49. The molecule has 29 heavy (non-hydrogen) atoms. The quantitative estimate of drug-likeness (QED) is 0.780. The largest absolute Gasteiger partial charge is 0.339 e. The van der Waals surface area contributed by atoms with E-state index in [4.69, 9.17) is 4.98 Å². The first-order valence-electron chi connectivity index (χ1n) is 10.9. The van der Waals surface area contributed by atoms with Gasteiger partial charge in [0.15, 0.2) is 0 Å². The molecule has 6 heteroatoms. The van der Waals surface area contributed by atoms with Gasteiger partial charge in [0.25, 0.3) is 5.91 Å². The second-order valence-corrected chi connectivity index (χ2v) is 8.30. The fourth-order valence-electron chi connectivity index (χ4n) is 4.49. The molecule has 6 nitrogen and oxygen atoms in total. The van der Waals surface area contributed by atoms with Crippen molar-refractivity contribution in [2.75, 3.05) is 32.7 Å². The number of carbonyl (C=O) groups excluding carboxylic acids is 1. The van der Waals surface area contributed by atoms with Crippen LogP contribution in [0.15, 0.2) is 30.7 Å². The summed E-state index contributed by atoms with van der Waals surface area (Å²) in [5.74, 6) is 1.22. The molecule has 2 aromatic heterocycles. The molecule has 4 rings (SSSR count). The SMILES string of the molecule is Cc1ncc(C(=O)N2CCCCC2)c(C2CCN(CCc3cccnc3)CC2)n1. The standard InChI is InChI=1S/C23H31N5O/c1-18-25-17-21(23(29)28-11-3-2-4-12-28)22(26-18)20-8-14-27(15-9-20)13-7-19-6-5-10-24-16-19/h5-6,10,16-17,20H,2-4,7-9,11-15H2,1H3. The minimum Gasteiger partial charge on any atom is -0.339 e. The van der Waals surface area contributed by atoms with E-state index >= 15 is 0 Å². The molecule has 0 bridgehead atoms. The van der Waals surface area contributed by atoms with Crippen LogP contribution in [-0.4, -0.2) is 63.4 Å². The van der Waals surface area contributed by atoms with Gasteiger partial charge in [-0.25, -0.2) is 9.97 Å². The van der Waals surface area contributed by atoms with Crippen molar-refractivity contribution in [2.45, 2.75) is 51.4 Å². The van der Waals surface area contributed by atoms with Gasteiger partial charge < -0.3 is 9.80 Å². The zero-order valence-electron chi connectivity index (χ0n) is 17.4. The van der Waals surface area contributed by atoms with Gasteiger partial charge in [-0.15, -0.1) is 0 Å². The van der Waals surface area contributed by atoms with Crippen molar-refractivity contribution in [3.05, 3.63) is 53.4 Å². The maximum atomic E-state index is 13.1. The van der Waals surface area contributed by atoms with Gasteiger partial charge in [-0.2, -0.15) is 0 Å². The maximum absolute atomic E-state index is 13.1. The smallest absolute Gasteiger partial charge is 0.257 e. The number of carbonyl (C=O) groups is 1. The Kier molecular flexibility index (Phi) is 6.49. The summed E-state index contributed by atoms with van der Waals surface area (Å²) >= 11 is 0. The van der Waals surface area contributed by atoms with Gasteiger partial charge in [-0.3, -0.25) is 9.78 Å². The van der Waals surface area contributed by atoms with Crippen molar-refractivity contribution < 1.29 is 4.79 Å². The first-order valence-corrected chi connectivity index (χ1v) is 10.9. The summed E-state index contributed by atoms with van der Waals surface area (Å²) in [6.45, 7) is 6.79. The molecule has 0 aliphatic carbocycles. The molecule has 2 aromatic rings. The lowest BCUT2D eigenvalue weighted by molar-refractivity contribution is 0.0720. The molecule has 4 heterocycles. The van der Waals surface area contributed by atoms with Crippen LogP contribution < -0.4 is 0 Å². The lowest BCUT2D eigenvalue weighted by Gasteiger charge is -2.33. The molecule has 1 amide bonds. The Morgan fingerprint density at radius 1 is 1.10 bits per heavy atom. The number of piperidine rings is 2. The van der Waals surface area contributed by atoms with Gasteiger partial charge >= 0.3 is 0 Å². The maximum Gasteiger partial charge on any atom is 0.257 e. The van der Waals surface area contributed by atoms with Crippen LogP contribution in [0.3, 0.4) is 0 Å². The van der Waals surface area contributed by atoms with Gasteiger partial charge in [-0.1, -0.05) is 6.07 Å². The highest BCUT2D eigenvalue weighted by Gasteiger charge is 2.28. The van der Waals surface area contributed by atoms with E-state index in [0.717, 1.165) is 81.9 Å². The minimum absolute atomic E-state index is 0.124. The molecule has 0 N–H and O–H groups in total. The van der Waals surface area contributed by atoms with Crippen LogP contribution in [0.25, 0.3) is 0 Å². The summed E-state index contributed by atoms with van der Waals surface area (Å²) in [6, 6.07) is 4.14. The van der Waals surface area contributed by atoms with E-state index in [1.54, 1.807) is 6.20 Å². The Balaban J connectivity index is 1.40. The second-order valence-electron chi connectivity index (χ2n) is 8.30. The molecule has 0 saturated carbocycles. The van der Waals surface area contributed by atoms with Crippen LogP contribution >= 0.6 is 0 Å². The molecule has 2 aliphatic rings. The number of likely N-dealkylation sites (tertiary alicyclic amines) is 2. The molecular weight excluding hydrogens is 362 g/mol. The summed E-state index contributed by atoms with van der Waals surface area (Å²) in [7, 11) is 0. The number of aryl methyl sites for hydroxylation is 1.